The van der Waals surface area contributed by atoms with Crippen molar-refractivity contribution in [1.82, 2.24) is 19.2 Å². The zero-order valence-corrected chi connectivity index (χ0v) is 17.1. The first-order valence-corrected chi connectivity index (χ1v) is 10.7. The van der Waals surface area contributed by atoms with Crippen LogP contribution in [0.5, 0.6) is 0 Å². The summed E-state index contributed by atoms with van der Waals surface area (Å²) < 4.78 is 8.23. The summed E-state index contributed by atoms with van der Waals surface area (Å²) in [6, 6.07) is 6.04. The van der Waals surface area contributed by atoms with Gasteiger partial charge in [0.1, 0.15) is 5.65 Å². The van der Waals surface area contributed by atoms with E-state index >= 15 is 0 Å². The van der Waals surface area contributed by atoms with Crippen LogP contribution >= 0.6 is 0 Å². The molecule has 1 saturated carbocycles. The molecule has 0 bridgehead atoms. The molecule has 1 N–H and O–H groups in total. The van der Waals surface area contributed by atoms with Gasteiger partial charge >= 0.3 is 0 Å². The van der Waals surface area contributed by atoms with Gasteiger partial charge < -0.3 is 19.1 Å². The Kier molecular flexibility index (Phi) is 4.64. The van der Waals surface area contributed by atoms with Crippen LogP contribution in [-0.4, -0.2) is 73.7 Å². The fourth-order valence-electron chi connectivity index (χ4n) is 5.00. The lowest BCUT2D eigenvalue weighted by atomic mass is 9.74. The van der Waals surface area contributed by atoms with Crippen LogP contribution in [0.15, 0.2) is 30.6 Å². The van der Waals surface area contributed by atoms with E-state index in [1.165, 1.54) is 6.42 Å². The Morgan fingerprint density at radius 1 is 1.34 bits per heavy atom. The molecule has 1 spiro atoms. The summed E-state index contributed by atoms with van der Waals surface area (Å²) in [5, 5.41) is 10.2. The van der Waals surface area contributed by atoms with Gasteiger partial charge in [0.05, 0.1) is 30.4 Å². The number of likely N-dealkylation sites (tertiary alicyclic amines) is 1. The van der Waals surface area contributed by atoms with Gasteiger partial charge in [-0.25, -0.2) is 4.98 Å². The summed E-state index contributed by atoms with van der Waals surface area (Å²) >= 11 is 0. The van der Waals surface area contributed by atoms with Crippen LogP contribution in [0.2, 0.25) is 0 Å². The van der Waals surface area contributed by atoms with Crippen LogP contribution in [-0.2, 0) is 16.1 Å². The Bertz CT molecular complexity index is 871. The molecular weight excluding hydrogens is 368 g/mol. The van der Waals surface area contributed by atoms with Crippen molar-refractivity contribution in [1.29, 1.82) is 0 Å². The Morgan fingerprint density at radius 3 is 2.90 bits per heavy atom. The monoisotopic (exact) mass is 398 g/mol. The van der Waals surface area contributed by atoms with E-state index in [4.69, 9.17) is 9.72 Å². The van der Waals surface area contributed by atoms with Gasteiger partial charge in [-0.05, 0) is 44.7 Å². The van der Waals surface area contributed by atoms with E-state index in [-0.39, 0.29) is 17.6 Å². The minimum absolute atomic E-state index is 0.0880. The quantitative estimate of drug-likeness (QED) is 0.851. The largest absolute Gasteiger partial charge is 0.388 e. The molecule has 1 aliphatic carbocycles. The fraction of sp³-hybridized carbons (Fsp3) is 0.636. The molecule has 2 unspecified atom stereocenters. The maximum absolute atomic E-state index is 12.7. The number of carbonyl (C=O) groups is 1. The van der Waals surface area contributed by atoms with Gasteiger partial charge in [0.25, 0.3) is 0 Å². The molecule has 5 rings (SSSR count). The van der Waals surface area contributed by atoms with Crippen molar-refractivity contribution in [2.24, 2.45) is 0 Å². The van der Waals surface area contributed by atoms with Gasteiger partial charge in [0.2, 0.25) is 5.91 Å². The van der Waals surface area contributed by atoms with Crippen LogP contribution in [0, 0.1) is 0 Å². The maximum Gasteiger partial charge on any atom is 0.225 e. The molecule has 7 heteroatoms. The lowest BCUT2D eigenvalue weighted by molar-refractivity contribution is -0.158. The van der Waals surface area contributed by atoms with Crippen molar-refractivity contribution in [3.05, 3.63) is 36.3 Å². The van der Waals surface area contributed by atoms with Crippen molar-refractivity contribution < 1.29 is 14.6 Å². The number of β-amino-alcohol motifs (C(OH)–C–C–N with tert-alkyl or cyclic N) is 1. The van der Waals surface area contributed by atoms with Gasteiger partial charge in [-0.3, -0.25) is 9.69 Å². The summed E-state index contributed by atoms with van der Waals surface area (Å²) in [5.41, 5.74) is 1.37. The van der Waals surface area contributed by atoms with Crippen molar-refractivity contribution in [3.63, 3.8) is 0 Å². The highest BCUT2D eigenvalue weighted by Crippen LogP contribution is 2.42. The standard InChI is InChI=1S/C22H30N4O3/c1-21(28)8-10-25(15-21)20(27)11-18-14-26(22(16-29-18)6-4-7-22)13-17-12-24-9-3-2-5-19(24)23-17/h2-3,5,9,12,18,28H,4,6-8,10-11,13-16H2,1H3. The topological polar surface area (TPSA) is 70.3 Å². The van der Waals surface area contributed by atoms with Crippen LogP contribution in [0.1, 0.15) is 44.7 Å². The molecule has 156 valence electrons. The predicted octanol–water partition coefficient (Wildman–Crippen LogP) is 1.83. The van der Waals surface area contributed by atoms with Crippen molar-refractivity contribution in [2.75, 3.05) is 26.2 Å². The Morgan fingerprint density at radius 2 is 2.21 bits per heavy atom. The van der Waals surface area contributed by atoms with Crippen LogP contribution < -0.4 is 0 Å². The summed E-state index contributed by atoms with van der Waals surface area (Å²) in [6.07, 6.45) is 8.58. The molecule has 1 amide bonds. The van der Waals surface area contributed by atoms with E-state index in [0.29, 0.717) is 32.5 Å². The zero-order chi connectivity index (χ0) is 20.1. The Balaban J connectivity index is 1.27. The van der Waals surface area contributed by atoms with E-state index in [2.05, 4.69) is 15.5 Å². The number of fused-ring (bicyclic) bond motifs is 1. The first-order valence-electron chi connectivity index (χ1n) is 10.7. The number of hydrogen-bond acceptors (Lipinski definition) is 5. The molecule has 7 nitrogen and oxygen atoms in total. The molecule has 4 heterocycles. The molecule has 0 aromatic carbocycles. The number of hydrogen-bond donors (Lipinski definition) is 1. The molecule has 2 aromatic heterocycles. The molecule has 3 aliphatic rings. The zero-order valence-electron chi connectivity index (χ0n) is 17.1. The average molecular weight is 399 g/mol. The number of ether oxygens (including phenoxy) is 1. The first-order chi connectivity index (χ1) is 13.9. The van der Waals surface area contributed by atoms with Crippen LogP contribution in [0.4, 0.5) is 0 Å². The number of nitrogens with zero attached hydrogens (tertiary/aromatic N) is 4. The molecule has 2 aliphatic heterocycles. The normalized spacial score (nSPS) is 29.4. The number of pyridine rings is 1. The van der Waals surface area contributed by atoms with E-state index in [0.717, 1.165) is 37.3 Å². The summed E-state index contributed by atoms with van der Waals surface area (Å²) in [7, 11) is 0. The third-order valence-electron chi connectivity index (χ3n) is 6.94. The molecule has 2 saturated heterocycles. The van der Waals surface area contributed by atoms with E-state index in [9.17, 15) is 9.90 Å². The van der Waals surface area contributed by atoms with E-state index in [1.54, 1.807) is 11.8 Å². The second-order valence-electron chi connectivity index (χ2n) is 9.36. The minimum Gasteiger partial charge on any atom is -0.388 e. The fourth-order valence-corrected chi connectivity index (χ4v) is 5.00. The molecular formula is C22H30N4O3. The highest BCUT2D eigenvalue weighted by molar-refractivity contribution is 5.77. The van der Waals surface area contributed by atoms with Gasteiger partial charge in [-0.1, -0.05) is 6.07 Å². The molecule has 3 fully saturated rings. The SMILES string of the molecule is CC1(O)CCN(C(=O)CC2CN(Cc3cn4ccccc4n3)C3(CCC3)CO2)C1. The van der Waals surface area contributed by atoms with Crippen molar-refractivity contribution in [2.45, 2.75) is 62.8 Å². The number of amides is 1. The molecule has 0 radical (unpaired) electrons. The van der Waals surface area contributed by atoms with Crippen LogP contribution in [0.3, 0.4) is 0 Å². The smallest absolute Gasteiger partial charge is 0.225 e. The number of carbonyl (C=O) groups excluding carboxylic acids is 1. The molecule has 2 aromatic rings. The van der Waals surface area contributed by atoms with E-state index in [1.807, 2.05) is 24.4 Å². The second kappa shape index (κ2) is 7.07. The average Bonchev–Trinajstić information content (AvgIpc) is 3.23. The van der Waals surface area contributed by atoms with Gasteiger partial charge in [0.15, 0.2) is 0 Å². The van der Waals surface area contributed by atoms with Crippen molar-refractivity contribution in [3.8, 4) is 0 Å². The third-order valence-corrected chi connectivity index (χ3v) is 6.94. The number of morpholine rings is 1. The number of rotatable bonds is 4. The van der Waals surface area contributed by atoms with Crippen molar-refractivity contribution >= 4 is 11.6 Å². The lowest BCUT2D eigenvalue weighted by Crippen LogP contribution is -2.62. The third kappa shape index (κ3) is 3.67. The maximum atomic E-state index is 12.7. The van der Waals surface area contributed by atoms with Gasteiger partial charge in [0, 0.05) is 44.1 Å². The van der Waals surface area contributed by atoms with Gasteiger partial charge in [-0.15, -0.1) is 0 Å². The van der Waals surface area contributed by atoms with Crippen LogP contribution in [0.25, 0.3) is 5.65 Å². The highest BCUT2D eigenvalue weighted by atomic mass is 16.5. The second-order valence-corrected chi connectivity index (χ2v) is 9.36. The minimum atomic E-state index is -0.756. The Labute approximate surface area is 171 Å². The summed E-state index contributed by atoms with van der Waals surface area (Å²) in [4.78, 5) is 21.8. The summed E-state index contributed by atoms with van der Waals surface area (Å²) in [5.74, 6) is 0.0880. The Hall–Kier alpha value is -1.96. The molecule has 29 heavy (non-hydrogen) atoms. The first kappa shape index (κ1) is 19.0. The summed E-state index contributed by atoms with van der Waals surface area (Å²) in [6.45, 7) is 5.09. The number of imidazole rings is 1. The number of aliphatic hydroxyl groups is 1. The van der Waals surface area contributed by atoms with E-state index < -0.39 is 5.60 Å². The molecule has 2 atom stereocenters. The predicted molar refractivity (Wildman–Crippen MR) is 108 cm³/mol. The van der Waals surface area contributed by atoms with Gasteiger partial charge in [-0.2, -0.15) is 0 Å². The lowest BCUT2D eigenvalue weighted by Gasteiger charge is -2.54. The highest BCUT2D eigenvalue weighted by Gasteiger charge is 2.47. The number of aromatic nitrogens is 2.